The highest BCUT2D eigenvalue weighted by Crippen LogP contribution is 2.19. The zero-order chi connectivity index (χ0) is 9.14. The maximum atomic E-state index is 12.1. The second-order valence-corrected chi connectivity index (χ2v) is 3.21. The fraction of sp³-hybridized carbons (Fsp3) is 0.286. The van der Waals surface area contributed by atoms with Crippen LogP contribution in [0.2, 0.25) is 0 Å². The highest BCUT2D eigenvalue weighted by Gasteiger charge is 2.17. The van der Waals surface area contributed by atoms with Crippen LogP contribution < -0.4 is 5.73 Å². The molecule has 0 saturated heterocycles. The molecule has 1 rings (SSSR count). The minimum Gasteiger partial charge on any atom is -0.319 e. The molecular formula is C7H8BrClF2N2. The monoisotopic (exact) mass is 272 g/mol. The lowest BCUT2D eigenvalue weighted by molar-refractivity contribution is 0.116. The average molecular weight is 274 g/mol. The molecule has 1 aromatic heterocycles. The van der Waals surface area contributed by atoms with Gasteiger partial charge in [0.2, 0.25) is 0 Å². The van der Waals surface area contributed by atoms with Gasteiger partial charge in [0, 0.05) is 16.9 Å². The lowest BCUT2D eigenvalue weighted by atomic mass is 10.1. The molecule has 0 amide bonds. The number of hydrogen-bond acceptors (Lipinski definition) is 2. The SMILES string of the molecule is Cl.N[C@@H](c1cncc(Br)c1)C(F)F. The van der Waals surface area contributed by atoms with Crippen LogP contribution in [0.5, 0.6) is 0 Å². The Kier molecular flexibility index (Phi) is 5.36. The van der Waals surface area contributed by atoms with Crippen LogP contribution in [0.25, 0.3) is 0 Å². The van der Waals surface area contributed by atoms with Gasteiger partial charge in [-0.2, -0.15) is 0 Å². The van der Waals surface area contributed by atoms with Crippen LogP contribution in [-0.4, -0.2) is 11.4 Å². The van der Waals surface area contributed by atoms with Gasteiger partial charge in [0.05, 0.1) is 6.04 Å². The van der Waals surface area contributed by atoms with Gasteiger partial charge in [-0.3, -0.25) is 4.98 Å². The van der Waals surface area contributed by atoms with E-state index in [1.54, 1.807) is 0 Å². The van der Waals surface area contributed by atoms with E-state index in [1.165, 1.54) is 18.5 Å². The largest absolute Gasteiger partial charge is 0.319 e. The Morgan fingerprint density at radius 2 is 2.00 bits per heavy atom. The van der Waals surface area contributed by atoms with E-state index >= 15 is 0 Å². The zero-order valence-electron chi connectivity index (χ0n) is 6.45. The van der Waals surface area contributed by atoms with Crippen LogP contribution in [-0.2, 0) is 0 Å². The summed E-state index contributed by atoms with van der Waals surface area (Å²) in [5.41, 5.74) is 5.53. The molecule has 0 aliphatic carbocycles. The van der Waals surface area contributed by atoms with Crippen molar-refractivity contribution >= 4 is 28.3 Å². The zero-order valence-corrected chi connectivity index (χ0v) is 8.86. The molecule has 0 unspecified atom stereocenters. The van der Waals surface area contributed by atoms with Crippen molar-refractivity contribution in [3.63, 3.8) is 0 Å². The van der Waals surface area contributed by atoms with Crippen molar-refractivity contribution in [2.24, 2.45) is 5.73 Å². The minimum absolute atomic E-state index is 0. The molecule has 2 nitrogen and oxygen atoms in total. The Labute approximate surface area is 89.1 Å². The fourth-order valence-electron chi connectivity index (χ4n) is 0.756. The molecule has 0 saturated carbocycles. The predicted molar refractivity (Wildman–Crippen MR) is 52.1 cm³/mol. The van der Waals surface area contributed by atoms with Gasteiger partial charge in [-0.05, 0) is 27.6 Å². The Balaban J connectivity index is 0.00000144. The summed E-state index contributed by atoms with van der Waals surface area (Å²) in [7, 11) is 0. The third kappa shape index (κ3) is 3.54. The first-order chi connectivity index (χ1) is 5.61. The Morgan fingerprint density at radius 1 is 1.38 bits per heavy atom. The maximum Gasteiger partial charge on any atom is 0.257 e. The normalized spacial score (nSPS) is 12.4. The van der Waals surface area contributed by atoms with Crippen molar-refractivity contribution < 1.29 is 8.78 Å². The smallest absolute Gasteiger partial charge is 0.257 e. The molecule has 0 bridgehead atoms. The van der Waals surface area contributed by atoms with Gasteiger partial charge >= 0.3 is 0 Å². The van der Waals surface area contributed by atoms with E-state index in [0.717, 1.165) is 0 Å². The topological polar surface area (TPSA) is 38.9 Å². The number of nitrogens with zero attached hydrogens (tertiary/aromatic N) is 1. The summed E-state index contributed by atoms with van der Waals surface area (Å²) < 4.78 is 24.8. The second kappa shape index (κ2) is 5.47. The molecule has 13 heavy (non-hydrogen) atoms. The van der Waals surface area contributed by atoms with Gasteiger partial charge in [0.25, 0.3) is 6.43 Å². The van der Waals surface area contributed by atoms with E-state index in [1.807, 2.05) is 0 Å². The van der Waals surface area contributed by atoms with Gasteiger partial charge in [-0.25, -0.2) is 8.78 Å². The van der Waals surface area contributed by atoms with Gasteiger partial charge < -0.3 is 5.73 Å². The lowest BCUT2D eigenvalue weighted by Crippen LogP contribution is -2.18. The number of alkyl halides is 2. The van der Waals surface area contributed by atoms with Crippen molar-refractivity contribution in [2.75, 3.05) is 0 Å². The Hall–Kier alpha value is -0.260. The second-order valence-electron chi connectivity index (χ2n) is 2.30. The molecule has 0 aliphatic rings. The molecule has 1 heterocycles. The molecule has 6 heteroatoms. The average Bonchev–Trinajstić information content (AvgIpc) is 2.03. The highest BCUT2D eigenvalue weighted by molar-refractivity contribution is 9.10. The Bertz CT molecular complexity index is 272. The third-order valence-corrected chi connectivity index (χ3v) is 1.82. The first kappa shape index (κ1) is 12.7. The molecule has 0 fully saturated rings. The minimum atomic E-state index is -2.55. The number of halogens is 4. The molecule has 1 aromatic rings. The summed E-state index contributed by atoms with van der Waals surface area (Å²) in [5.74, 6) is 0. The molecule has 1 atom stereocenters. The third-order valence-electron chi connectivity index (χ3n) is 1.38. The summed E-state index contributed by atoms with van der Waals surface area (Å²) in [4.78, 5) is 3.73. The van der Waals surface area contributed by atoms with Crippen LogP contribution in [0.4, 0.5) is 8.78 Å². The summed E-state index contributed by atoms with van der Waals surface area (Å²) in [5, 5.41) is 0. The Morgan fingerprint density at radius 3 is 2.46 bits per heavy atom. The molecule has 2 N–H and O–H groups in total. The molecule has 0 aliphatic heterocycles. The molecule has 74 valence electrons. The molecule has 0 aromatic carbocycles. The van der Waals surface area contributed by atoms with Gasteiger partial charge in [0.15, 0.2) is 0 Å². The fourth-order valence-corrected chi connectivity index (χ4v) is 1.14. The van der Waals surface area contributed by atoms with Gasteiger partial charge in [-0.1, -0.05) is 0 Å². The van der Waals surface area contributed by atoms with Crippen molar-refractivity contribution in [3.05, 3.63) is 28.5 Å². The summed E-state index contributed by atoms with van der Waals surface area (Å²) in [6, 6.07) is 0.277. The summed E-state index contributed by atoms with van der Waals surface area (Å²) in [6.45, 7) is 0. The van der Waals surface area contributed by atoms with Crippen LogP contribution in [0.1, 0.15) is 11.6 Å². The number of pyridine rings is 1. The number of hydrogen-bond donors (Lipinski definition) is 1. The number of aromatic nitrogens is 1. The van der Waals surface area contributed by atoms with Crippen molar-refractivity contribution in [2.45, 2.75) is 12.5 Å². The number of rotatable bonds is 2. The maximum absolute atomic E-state index is 12.1. The van der Waals surface area contributed by atoms with Crippen molar-refractivity contribution in [3.8, 4) is 0 Å². The molecular weight excluding hydrogens is 265 g/mol. The first-order valence-electron chi connectivity index (χ1n) is 3.25. The van der Waals surface area contributed by atoms with E-state index < -0.39 is 12.5 Å². The van der Waals surface area contributed by atoms with Crippen LogP contribution in [0, 0.1) is 0 Å². The first-order valence-corrected chi connectivity index (χ1v) is 4.04. The van der Waals surface area contributed by atoms with Crippen LogP contribution in [0.3, 0.4) is 0 Å². The highest BCUT2D eigenvalue weighted by atomic mass is 79.9. The lowest BCUT2D eigenvalue weighted by Gasteiger charge is -2.09. The van der Waals surface area contributed by atoms with Crippen molar-refractivity contribution in [1.82, 2.24) is 4.98 Å². The van der Waals surface area contributed by atoms with E-state index in [4.69, 9.17) is 5.73 Å². The van der Waals surface area contributed by atoms with E-state index in [9.17, 15) is 8.78 Å². The van der Waals surface area contributed by atoms with E-state index in [0.29, 0.717) is 10.0 Å². The molecule has 0 spiro atoms. The van der Waals surface area contributed by atoms with E-state index in [-0.39, 0.29) is 12.4 Å². The van der Waals surface area contributed by atoms with Gasteiger partial charge in [-0.15, -0.1) is 12.4 Å². The number of nitrogens with two attached hydrogens (primary N) is 1. The van der Waals surface area contributed by atoms with Crippen molar-refractivity contribution in [1.29, 1.82) is 0 Å². The predicted octanol–water partition coefficient (Wildman–Crippen LogP) is 2.53. The summed E-state index contributed by atoms with van der Waals surface area (Å²) in [6.07, 6.45) is 0.296. The van der Waals surface area contributed by atoms with E-state index in [2.05, 4.69) is 20.9 Å². The van der Waals surface area contributed by atoms with Crippen LogP contribution >= 0.6 is 28.3 Å². The van der Waals surface area contributed by atoms with Crippen LogP contribution in [0.15, 0.2) is 22.9 Å². The standard InChI is InChI=1S/C7H7BrF2N2.ClH/c8-5-1-4(2-12-3-5)6(11)7(9)10;/h1-3,6-7H,11H2;1H/t6-;/m0./s1. The van der Waals surface area contributed by atoms with Gasteiger partial charge in [0.1, 0.15) is 0 Å². The quantitative estimate of drug-likeness (QED) is 0.899. The summed E-state index contributed by atoms with van der Waals surface area (Å²) >= 11 is 3.12. The molecule has 0 radical (unpaired) electrons.